The van der Waals surface area contributed by atoms with E-state index >= 15 is 0 Å². The van der Waals surface area contributed by atoms with Crippen molar-refractivity contribution < 1.29 is 9.18 Å². The van der Waals surface area contributed by atoms with Gasteiger partial charge >= 0.3 is 0 Å². The molecule has 0 aromatic heterocycles. The molecule has 1 nitrogen and oxygen atoms in total. The zero-order valence-corrected chi connectivity index (χ0v) is 8.94. The predicted octanol–water partition coefficient (Wildman–Crippen LogP) is 3.71. The second-order valence-electron chi connectivity index (χ2n) is 3.33. The largest absolute Gasteiger partial charge is 0.294 e. The number of carbonyl (C=O) groups excluding carboxylic acids is 1. The summed E-state index contributed by atoms with van der Waals surface area (Å²) in [6.45, 7) is 3.74. The first kappa shape index (κ1) is 11.2. The van der Waals surface area contributed by atoms with E-state index in [-0.39, 0.29) is 16.7 Å². The van der Waals surface area contributed by atoms with E-state index < -0.39 is 5.82 Å². The lowest BCUT2D eigenvalue weighted by atomic mass is 9.97. The van der Waals surface area contributed by atoms with E-state index in [9.17, 15) is 9.18 Å². The molecule has 0 N–H and O–H groups in total. The number of Topliss-reactive ketones (excluding diaryl/α,β-unsaturated/α-hetero) is 1. The molecule has 0 aliphatic heterocycles. The van der Waals surface area contributed by atoms with Gasteiger partial charge in [-0.05, 0) is 24.6 Å². The van der Waals surface area contributed by atoms with Crippen molar-refractivity contribution >= 4 is 17.4 Å². The lowest BCUT2D eigenvalue weighted by Gasteiger charge is -2.07. The van der Waals surface area contributed by atoms with E-state index in [4.69, 9.17) is 11.6 Å². The lowest BCUT2D eigenvalue weighted by molar-refractivity contribution is 0.0927. The summed E-state index contributed by atoms with van der Waals surface area (Å²) in [6.07, 6.45) is 0.743. The SMILES string of the molecule is CCC(C)C(=O)c1cc(F)cc(Cl)c1. The van der Waals surface area contributed by atoms with Gasteiger partial charge in [0.1, 0.15) is 5.82 Å². The van der Waals surface area contributed by atoms with Gasteiger partial charge in [0.15, 0.2) is 5.78 Å². The molecule has 1 atom stereocenters. The summed E-state index contributed by atoms with van der Waals surface area (Å²) in [7, 11) is 0. The van der Waals surface area contributed by atoms with Crippen molar-refractivity contribution in [2.75, 3.05) is 0 Å². The van der Waals surface area contributed by atoms with Crippen molar-refractivity contribution in [3.05, 3.63) is 34.6 Å². The molecule has 0 saturated carbocycles. The van der Waals surface area contributed by atoms with Gasteiger partial charge in [-0.1, -0.05) is 25.4 Å². The summed E-state index contributed by atoms with van der Waals surface area (Å²) >= 11 is 5.65. The third kappa shape index (κ3) is 2.55. The van der Waals surface area contributed by atoms with Gasteiger partial charge in [0.05, 0.1) is 0 Å². The topological polar surface area (TPSA) is 17.1 Å². The first-order chi connectivity index (χ1) is 6.54. The molecule has 3 heteroatoms. The van der Waals surface area contributed by atoms with Gasteiger partial charge in [0.2, 0.25) is 0 Å². The predicted molar refractivity (Wildman–Crippen MR) is 55.2 cm³/mol. The molecule has 14 heavy (non-hydrogen) atoms. The summed E-state index contributed by atoms with van der Waals surface area (Å²) < 4.78 is 12.9. The number of hydrogen-bond acceptors (Lipinski definition) is 1. The molecule has 0 spiro atoms. The highest BCUT2D eigenvalue weighted by molar-refractivity contribution is 6.31. The Morgan fingerprint density at radius 1 is 1.50 bits per heavy atom. The fourth-order valence-electron chi connectivity index (χ4n) is 1.17. The average Bonchev–Trinajstić information content (AvgIpc) is 2.14. The van der Waals surface area contributed by atoms with Crippen LogP contribution in [0.3, 0.4) is 0 Å². The number of hydrogen-bond donors (Lipinski definition) is 0. The third-order valence-electron chi connectivity index (χ3n) is 2.21. The number of halogens is 2. The maximum Gasteiger partial charge on any atom is 0.165 e. The number of ketones is 1. The van der Waals surface area contributed by atoms with E-state index in [0.717, 1.165) is 6.42 Å². The molecule has 0 amide bonds. The first-order valence-electron chi connectivity index (χ1n) is 4.55. The summed E-state index contributed by atoms with van der Waals surface area (Å²) in [5, 5.41) is 0.261. The minimum atomic E-state index is -0.468. The number of carbonyl (C=O) groups is 1. The van der Waals surface area contributed by atoms with E-state index in [1.807, 2.05) is 13.8 Å². The molecule has 0 fully saturated rings. The van der Waals surface area contributed by atoms with Crippen LogP contribution < -0.4 is 0 Å². The monoisotopic (exact) mass is 214 g/mol. The number of rotatable bonds is 3. The fraction of sp³-hybridized carbons (Fsp3) is 0.364. The minimum absolute atomic E-state index is 0.0612. The number of benzene rings is 1. The highest BCUT2D eigenvalue weighted by atomic mass is 35.5. The summed E-state index contributed by atoms with van der Waals surface area (Å²) in [5.74, 6) is -0.620. The van der Waals surface area contributed by atoms with Gasteiger partial charge in [-0.15, -0.1) is 0 Å². The van der Waals surface area contributed by atoms with Crippen LogP contribution in [0.5, 0.6) is 0 Å². The Morgan fingerprint density at radius 2 is 2.14 bits per heavy atom. The lowest BCUT2D eigenvalue weighted by Crippen LogP contribution is -2.10. The van der Waals surface area contributed by atoms with Gasteiger partial charge in [-0.3, -0.25) is 4.79 Å². The van der Waals surface area contributed by atoms with Gasteiger partial charge in [0.25, 0.3) is 0 Å². The molecule has 0 aliphatic rings. The molecule has 1 aromatic carbocycles. The van der Waals surface area contributed by atoms with Gasteiger partial charge < -0.3 is 0 Å². The maximum absolute atomic E-state index is 12.9. The fourth-order valence-corrected chi connectivity index (χ4v) is 1.39. The Bertz CT molecular complexity index is 329. The summed E-state index contributed by atoms with van der Waals surface area (Å²) in [4.78, 5) is 11.7. The first-order valence-corrected chi connectivity index (χ1v) is 4.92. The van der Waals surface area contributed by atoms with Crippen LogP contribution in [0.25, 0.3) is 0 Å². The van der Waals surface area contributed by atoms with Crippen LogP contribution in [0.2, 0.25) is 5.02 Å². The van der Waals surface area contributed by atoms with Crippen molar-refractivity contribution in [1.29, 1.82) is 0 Å². The Kier molecular flexibility index (Phi) is 3.64. The molecule has 0 bridgehead atoms. The molecule has 0 saturated heterocycles. The molecule has 1 rings (SSSR count). The Morgan fingerprint density at radius 3 is 2.64 bits per heavy atom. The van der Waals surface area contributed by atoms with E-state index in [1.165, 1.54) is 18.2 Å². The molecular formula is C11H12ClFO. The normalized spacial score (nSPS) is 12.6. The molecule has 0 heterocycles. The third-order valence-corrected chi connectivity index (χ3v) is 2.43. The van der Waals surface area contributed by atoms with E-state index in [1.54, 1.807) is 0 Å². The molecule has 0 radical (unpaired) electrons. The van der Waals surface area contributed by atoms with Crippen LogP contribution in [0.1, 0.15) is 30.6 Å². The van der Waals surface area contributed by atoms with Crippen molar-refractivity contribution in [3.63, 3.8) is 0 Å². The van der Waals surface area contributed by atoms with Crippen molar-refractivity contribution in [2.45, 2.75) is 20.3 Å². The van der Waals surface area contributed by atoms with Crippen LogP contribution in [0.4, 0.5) is 4.39 Å². The second-order valence-corrected chi connectivity index (χ2v) is 3.77. The quantitative estimate of drug-likeness (QED) is 0.701. The highest BCUT2D eigenvalue weighted by Gasteiger charge is 2.14. The summed E-state index contributed by atoms with van der Waals surface area (Å²) in [5.41, 5.74) is 0.351. The Balaban J connectivity index is 3.01. The van der Waals surface area contributed by atoms with Gasteiger partial charge in [0, 0.05) is 16.5 Å². The molecule has 1 aromatic rings. The molecule has 1 unspecified atom stereocenters. The Hall–Kier alpha value is -0.890. The van der Waals surface area contributed by atoms with Crippen molar-refractivity contribution in [3.8, 4) is 0 Å². The standard InChI is InChI=1S/C11H12ClFO/c1-3-7(2)11(14)8-4-9(12)6-10(13)5-8/h4-7H,3H2,1-2H3. The zero-order valence-electron chi connectivity index (χ0n) is 8.18. The second kappa shape index (κ2) is 4.56. The Labute approximate surface area is 87.9 Å². The van der Waals surface area contributed by atoms with Crippen LogP contribution in [0.15, 0.2) is 18.2 Å². The van der Waals surface area contributed by atoms with Crippen LogP contribution in [-0.4, -0.2) is 5.78 Å². The van der Waals surface area contributed by atoms with E-state index in [2.05, 4.69) is 0 Å². The van der Waals surface area contributed by atoms with E-state index in [0.29, 0.717) is 5.56 Å². The average molecular weight is 215 g/mol. The molecular weight excluding hydrogens is 203 g/mol. The van der Waals surface area contributed by atoms with Crippen molar-refractivity contribution in [2.24, 2.45) is 5.92 Å². The van der Waals surface area contributed by atoms with Crippen LogP contribution in [0, 0.1) is 11.7 Å². The minimum Gasteiger partial charge on any atom is -0.294 e. The van der Waals surface area contributed by atoms with Gasteiger partial charge in [-0.2, -0.15) is 0 Å². The van der Waals surface area contributed by atoms with Crippen LogP contribution in [-0.2, 0) is 0 Å². The van der Waals surface area contributed by atoms with Crippen LogP contribution >= 0.6 is 11.6 Å². The molecule has 0 aliphatic carbocycles. The highest BCUT2D eigenvalue weighted by Crippen LogP contribution is 2.18. The van der Waals surface area contributed by atoms with Crippen molar-refractivity contribution in [1.82, 2.24) is 0 Å². The zero-order chi connectivity index (χ0) is 10.7. The molecule has 76 valence electrons. The maximum atomic E-state index is 12.9. The smallest absolute Gasteiger partial charge is 0.165 e. The summed E-state index contributed by atoms with van der Waals surface area (Å²) in [6, 6.07) is 3.91. The van der Waals surface area contributed by atoms with Gasteiger partial charge in [-0.25, -0.2) is 4.39 Å².